The van der Waals surface area contributed by atoms with Gasteiger partial charge in [0.2, 0.25) is 0 Å². The highest BCUT2D eigenvalue weighted by Gasteiger charge is 2.31. The van der Waals surface area contributed by atoms with Crippen LogP contribution in [0.5, 0.6) is 5.75 Å². The molecule has 0 spiro atoms. The van der Waals surface area contributed by atoms with Gasteiger partial charge in [0.05, 0.1) is 13.5 Å². The highest BCUT2D eigenvalue weighted by Crippen LogP contribution is 2.31. The van der Waals surface area contributed by atoms with E-state index in [2.05, 4.69) is 19.9 Å². The summed E-state index contributed by atoms with van der Waals surface area (Å²) in [6, 6.07) is 2.09. The minimum atomic E-state index is -1.04. The number of aryl methyl sites for hydroxylation is 1. The van der Waals surface area contributed by atoms with Crippen molar-refractivity contribution in [1.29, 1.82) is 0 Å². The quantitative estimate of drug-likeness (QED) is 0.743. The lowest BCUT2D eigenvalue weighted by molar-refractivity contribution is -0.351. The van der Waals surface area contributed by atoms with E-state index in [-0.39, 0.29) is 0 Å². The number of hydrogen-bond acceptors (Lipinski definition) is 4. The zero-order valence-corrected chi connectivity index (χ0v) is 12.9. The van der Waals surface area contributed by atoms with Crippen LogP contribution in [0.25, 0.3) is 0 Å². The zero-order chi connectivity index (χ0) is 14.6. The average Bonchev–Trinajstić information content (AvgIpc) is 2.42. The Bertz CT molecular complexity index is 428. The van der Waals surface area contributed by atoms with Crippen LogP contribution in [-0.4, -0.2) is 34.4 Å². The molecular formula is C15H24O4. The Morgan fingerprint density at radius 1 is 0.895 bits per heavy atom. The molecule has 4 nitrogen and oxygen atoms in total. The van der Waals surface area contributed by atoms with E-state index in [1.165, 1.54) is 0 Å². The first-order valence-corrected chi connectivity index (χ1v) is 6.23. The van der Waals surface area contributed by atoms with Crippen LogP contribution in [0.1, 0.15) is 22.3 Å². The number of methoxy groups -OCH3 is 4. The molecule has 0 unspecified atom stereocenters. The maximum atomic E-state index is 5.43. The van der Waals surface area contributed by atoms with E-state index in [4.69, 9.17) is 18.9 Å². The third kappa shape index (κ3) is 3.08. The second kappa shape index (κ2) is 6.37. The molecule has 0 aromatic heterocycles. The van der Waals surface area contributed by atoms with Crippen molar-refractivity contribution < 1.29 is 18.9 Å². The minimum Gasteiger partial charge on any atom is -0.496 e. The molecule has 1 rings (SSSR count). The molecule has 1 aromatic carbocycles. The first kappa shape index (κ1) is 16.0. The Hall–Kier alpha value is -1.10. The van der Waals surface area contributed by atoms with E-state index in [1.807, 2.05) is 6.92 Å². The molecule has 1 aromatic rings. The second-order valence-corrected chi connectivity index (χ2v) is 4.61. The predicted molar refractivity (Wildman–Crippen MR) is 74.7 cm³/mol. The smallest absolute Gasteiger partial charge is 0.286 e. The zero-order valence-electron chi connectivity index (χ0n) is 12.9. The van der Waals surface area contributed by atoms with Gasteiger partial charge in [0.15, 0.2) is 0 Å². The number of benzene rings is 1. The predicted octanol–water partition coefficient (Wildman–Crippen LogP) is 2.76. The summed E-state index contributed by atoms with van der Waals surface area (Å²) >= 11 is 0. The summed E-state index contributed by atoms with van der Waals surface area (Å²) in [6.07, 6.45) is 0.522. The van der Waals surface area contributed by atoms with Gasteiger partial charge in [0.25, 0.3) is 5.97 Å². The van der Waals surface area contributed by atoms with E-state index < -0.39 is 5.97 Å². The average molecular weight is 268 g/mol. The van der Waals surface area contributed by atoms with Crippen molar-refractivity contribution in [3.8, 4) is 5.75 Å². The second-order valence-electron chi connectivity index (χ2n) is 4.61. The molecule has 0 amide bonds. The molecule has 0 aliphatic heterocycles. The molecule has 0 N–H and O–H groups in total. The molecule has 0 heterocycles. The van der Waals surface area contributed by atoms with Crippen molar-refractivity contribution >= 4 is 0 Å². The lowest BCUT2D eigenvalue weighted by atomic mass is 9.96. The van der Waals surface area contributed by atoms with Gasteiger partial charge in [-0.05, 0) is 43.0 Å². The number of rotatable bonds is 6. The number of hydrogen-bond donors (Lipinski definition) is 0. The highest BCUT2D eigenvalue weighted by molar-refractivity contribution is 5.49. The van der Waals surface area contributed by atoms with E-state index in [1.54, 1.807) is 28.4 Å². The Balaban J connectivity index is 3.22. The molecular weight excluding hydrogens is 244 g/mol. The third-order valence-corrected chi connectivity index (χ3v) is 3.68. The van der Waals surface area contributed by atoms with Crippen molar-refractivity contribution in [2.75, 3.05) is 28.4 Å². The standard InChI is InChI=1S/C15H24O4/c1-10-8-13(9-15(17-5,18-6)19-7)11(2)12(3)14(10)16-4/h8H,9H2,1-7H3. The fourth-order valence-electron chi connectivity index (χ4n) is 2.34. The number of ether oxygens (including phenoxy) is 4. The summed E-state index contributed by atoms with van der Waals surface area (Å²) < 4.78 is 21.5. The van der Waals surface area contributed by atoms with Gasteiger partial charge in [-0.15, -0.1) is 0 Å². The van der Waals surface area contributed by atoms with Crippen LogP contribution in [0.4, 0.5) is 0 Å². The summed E-state index contributed by atoms with van der Waals surface area (Å²) in [4.78, 5) is 0. The normalized spacial score (nSPS) is 11.7. The molecule has 0 atom stereocenters. The van der Waals surface area contributed by atoms with Crippen molar-refractivity contribution in [1.82, 2.24) is 0 Å². The van der Waals surface area contributed by atoms with Gasteiger partial charge in [-0.3, -0.25) is 0 Å². The van der Waals surface area contributed by atoms with Crippen LogP contribution in [0.3, 0.4) is 0 Å². The molecule has 19 heavy (non-hydrogen) atoms. The lowest BCUT2D eigenvalue weighted by Crippen LogP contribution is -2.38. The largest absolute Gasteiger partial charge is 0.496 e. The van der Waals surface area contributed by atoms with Gasteiger partial charge < -0.3 is 18.9 Å². The van der Waals surface area contributed by atoms with Gasteiger partial charge in [-0.2, -0.15) is 0 Å². The molecule has 0 bridgehead atoms. The summed E-state index contributed by atoms with van der Waals surface area (Å²) in [5.74, 6) is -0.114. The summed E-state index contributed by atoms with van der Waals surface area (Å²) in [6.45, 7) is 6.15. The van der Waals surface area contributed by atoms with Crippen molar-refractivity contribution in [2.24, 2.45) is 0 Å². The van der Waals surface area contributed by atoms with Crippen LogP contribution < -0.4 is 4.74 Å². The first-order valence-electron chi connectivity index (χ1n) is 6.23. The van der Waals surface area contributed by atoms with Gasteiger partial charge in [-0.25, -0.2) is 0 Å². The van der Waals surface area contributed by atoms with E-state index in [0.29, 0.717) is 6.42 Å². The lowest BCUT2D eigenvalue weighted by Gasteiger charge is -2.30. The Labute approximate surface area is 115 Å². The fourth-order valence-corrected chi connectivity index (χ4v) is 2.34. The first-order chi connectivity index (χ1) is 8.94. The maximum Gasteiger partial charge on any atom is 0.286 e. The molecule has 4 heteroatoms. The monoisotopic (exact) mass is 268 g/mol. The summed E-state index contributed by atoms with van der Waals surface area (Å²) in [5, 5.41) is 0. The summed E-state index contributed by atoms with van der Waals surface area (Å²) in [5.41, 5.74) is 4.52. The van der Waals surface area contributed by atoms with Crippen LogP contribution in [0.2, 0.25) is 0 Å². The molecule has 108 valence electrons. The fraction of sp³-hybridized carbons (Fsp3) is 0.600. The highest BCUT2D eigenvalue weighted by atomic mass is 16.9. The maximum absolute atomic E-state index is 5.43. The SMILES string of the molecule is COc1c(C)cc(CC(OC)(OC)OC)c(C)c1C. The topological polar surface area (TPSA) is 36.9 Å². The Kier molecular flexibility index (Phi) is 5.35. The van der Waals surface area contributed by atoms with Crippen LogP contribution >= 0.6 is 0 Å². The van der Waals surface area contributed by atoms with Gasteiger partial charge in [0.1, 0.15) is 5.75 Å². The molecule has 0 aliphatic rings. The third-order valence-electron chi connectivity index (χ3n) is 3.68. The molecule has 0 radical (unpaired) electrons. The van der Waals surface area contributed by atoms with E-state index in [0.717, 1.165) is 28.0 Å². The molecule has 0 fully saturated rings. The van der Waals surface area contributed by atoms with Crippen molar-refractivity contribution in [3.63, 3.8) is 0 Å². The van der Waals surface area contributed by atoms with Crippen LogP contribution in [0.15, 0.2) is 6.07 Å². The minimum absolute atomic E-state index is 0.522. The summed E-state index contributed by atoms with van der Waals surface area (Å²) in [7, 11) is 6.42. The molecule has 0 saturated heterocycles. The van der Waals surface area contributed by atoms with Gasteiger partial charge in [-0.1, -0.05) is 6.07 Å². The Morgan fingerprint density at radius 3 is 1.84 bits per heavy atom. The van der Waals surface area contributed by atoms with Gasteiger partial charge in [0, 0.05) is 21.3 Å². The van der Waals surface area contributed by atoms with E-state index >= 15 is 0 Å². The Morgan fingerprint density at radius 2 is 1.42 bits per heavy atom. The van der Waals surface area contributed by atoms with Crippen molar-refractivity contribution in [2.45, 2.75) is 33.2 Å². The van der Waals surface area contributed by atoms with Gasteiger partial charge >= 0.3 is 0 Å². The van der Waals surface area contributed by atoms with Crippen LogP contribution in [-0.2, 0) is 20.6 Å². The van der Waals surface area contributed by atoms with Crippen molar-refractivity contribution in [3.05, 3.63) is 28.3 Å². The van der Waals surface area contributed by atoms with E-state index in [9.17, 15) is 0 Å². The van der Waals surface area contributed by atoms with Crippen LogP contribution in [0, 0.1) is 20.8 Å². The molecule has 0 aliphatic carbocycles. The molecule has 0 saturated carbocycles.